The summed E-state index contributed by atoms with van der Waals surface area (Å²) in [6, 6.07) is 14.4. The number of carbonyl (C=O) groups excluding carboxylic acids is 3. The van der Waals surface area contributed by atoms with Crippen LogP contribution in [0.4, 0.5) is 4.79 Å². The first kappa shape index (κ1) is 19.8. The Morgan fingerprint density at radius 2 is 1.67 bits per heavy atom. The minimum atomic E-state index is -0.941. The molecule has 142 valence electrons. The highest BCUT2D eigenvalue weighted by molar-refractivity contribution is 5.88. The molecule has 3 amide bonds. The Hall–Kier alpha value is -3.55. The van der Waals surface area contributed by atoms with Crippen molar-refractivity contribution in [3.8, 4) is 5.75 Å². The highest BCUT2D eigenvalue weighted by atomic mass is 16.5. The molecule has 0 aliphatic carbocycles. The van der Waals surface area contributed by atoms with Crippen LogP contribution in [0.3, 0.4) is 0 Å². The number of hydrogen-bond acceptors (Lipinski definition) is 5. The van der Waals surface area contributed by atoms with Crippen molar-refractivity contribution in [2.75, 3.05) is 6.54 Å². The first-order chi connectivity index (χ1) is 12.9. The Balaban J connectivity index is 1.77. The van der Waals surface area contributed by atoms with Crippen LogP contribution in [-0.4, -0.2) is 35.6 Å². The molecule has 0 aromatic heterocycles. The van der Waals surface area contributed by atoms with Crippen LogP contribution in [0.2, 0.25) is 0 Å². The number of aromatic hydroxyl groups is 1. The van der Waals surface area contributed by atoms with Gasteiger partial charge in [-0.25, -0.2) is 4.79 Å². The van der Waals surface area contributed by atoms with E-state index < -0.39 is 23.9 Å². The van der Waals surface area contributed by atoms with Crippen LogP contribution in [0.1, 0.15) is 11.1 Å². The lowest BCUT2D eigenvalue weighted by atomic mass is 10.1. The van der Waals surface area contributed by atoms with E-state index in [1.807, 2.05) is 18.2 Å². The molecule has 5 N–H and O–H groups in total. The van der Waals surface area contributed by atoms with E-state index in [1.165, 1.54) is 12.1 Å². The number of ether oxygens (including phenoxy) is 1. The van der Waals surface area contributed by atoms with Gasteiger partial charge in [0.2, 0.25) is 11.8 Å². The molecule has 1 atom stereocenters. The van der Waals surface area contributed by atoms with Crippen LogP contribution in [0.25, 0.3) is 0 Å². The molecule has 0 aliphatic rings. The Morgan fingerprint density at radius 1 is 1.00 bits per heavy atom. The van der Waals surface area contributed by atoms with Gasteiger partial charge in [0.1, 0.15) is 24.9 Å². The van der Waals surface area contributed by atoms with Gasteiger partial charge in [-0.3, -0.25) is 9.59 Å². The van der Waals surface area contributed by atoms with Gasteiger partial charge in [-0.2, -0.15) is 0 Å². The zero-order valence-corrected chi connectivity index (χ0v) is 14.6. The van der Waals surface area contributed by atoms with E-state index in [9.17, 15) is 19.5 Å². The van der Waals surface area contributed by atoms with Gasteiger partial charge >= 0.3 is 6.09 Å². The minimum absolute atomic E-state index is 0.0824. The van der Waals surface area contributed by atoms with Crippen molar-refractivity contribution in [3.63, 3.8) is 0 Å². The lowest BCUT2D eigenvalue weighted by Gasteiger charge is -2.16. The molecule has 0 aliphatic heterocycles. The summed E-state index contributed by atoms with van der Waals surface area (Å²) in [5.41, 5.74) is 6.85. The summed E-state index contributed by atoms with van der Waals surface area (Å²) >= 11 is 0. The monoisotopic (exact) mass is 371 g/mol. The molecule has 0 radical (unpaired) electrons. The highest BCUT2D eigenvalue weighted by Crippen LogP contribution is 2.11. The maximum absolute atomic E-state index is 12.0. The first-order valence-electron chi connectivity index (χ1n) is 8.25. The molecule has 2 rings (SSSR count). The van der Waals surface area contributed by atoms with Crippen molar-refractivity contribution in [2.24, 2.45) is 5.73 Å². The number of phenolic OH excluding ortho intramolecular Hbond substituents is 1. The Labute approximate surface area is 156 Å². The van der Waals surface area contributed by atoms with Crippen molar-refractivity contribution in [3.05, 3.63) is 65.7 Å². The first-order valence-corrected chi connectivity index (χ1v) is 8.25. The standard InChI is InChI=1S/C19H21N3O5/c20-18(25)16(10-13-6-8-15(23)9-7-13)22-17(24)11-21-19(26)27-12-14-4-2-1-3-5-14/h1-9,16,23H,10-12H2,(H2,20,25)(H,21,26)(H,22,24). The highest BCUT2D eigenvalue weighted by Gasteiger charge is 2.19. The van der Waals surface area contributed by atoms with Crippen LogP contribution in [-0.2, 0) is 27.4 Å². The van der Waals surface area contributed by atoms with E-state index in [-0.39, 0.29) is 25.3 Å². The van der Waals surface area contributed by atoms with E-state index in [4.69, 9.17) is 10.5 Å². The molecule has 2 aromatic carbocycles. The van der Waals surface area contributed by atoms with Crippen LogP contribution in [0, 0.1) is 0 Å². The predicted molar refractivity (Wildman–Crippen MR) is 97.6 cm³/mol. The quantitative estimate of drug-likeness (QED) is 0.546. The topological polar surface area (TPSA) is 131 Å². The van der Waals surface area contributed by atoms with E-state index in [1.54, 1.807) is 24.3 Å². The summed E-state index contributed by atoms with van der Waals surface area (Å²) in [6.07, 6.45) is -0.581. The molecule has 0 heterocycles. The fraction of sp³-hybridized carbons (Fsp3) is 0.211. The number of alkyl carbamates (subject to hydrolysis) is 1. The predicted octanol–water partition coefficient (Wildman–Crippen LogP) is 0.831. The second kappa shape index (κ2) is 9.81. The summed E-state index contributed by atoms with van der Waals surface area (Å²) in [4.78, 5) is 35.1. The number of nitrogens with one attached hydrogen (secondary N) is 2. The molecule has 0 saturated heterocycles. The molecule has 8 nitrogen and oxygen atoms in total. The average molecular weight is 371 g/mol. The average Bonchev–Trinajstić information content (AvgIpc) is 2.66. The molecule has 2 aromatic rings. The number of amides is 3. The molecule has 0 fully saturated rings. The fourth-order valence-corrected chi connectivity index (χ4v) is 2.26. The van der Waals surface area contributed by atoms with Crippen LogP contribution < -0.4 is 16.4 Å². The van der Waals surface area contributed by atoms with Gasteiger partial charge in [-0.05, 0) is 23.3 Å². The van der Waals surface area contributed by atoms with Gasteiger partial charge < -0.3 is 26.2 Å². The van der Waals surface area contributed by atoms with Gasteiger partial charge in [0.05, 0.1) is 0 Å². The summed E-state index contributed by atoms with van der Waals surface area (Å²) in [7, 11) is 0. The summed E-state index contributed by atoms with van der Waals surface area (Å²) in [5, 5.41) is 14.0. The number of carbonyl (C=O) groups is 3. The molecular formula is C19H21N3O5. The lowest BCUT2D eigenvalue weighted by Crippen LogP contribution is -2.49. The third-order valence-corrected chi connectivity index (χ3v) is 3.66. The van der Waals surface area contributed by atoms with Gasteiger partial charge in [-0.15, -0.1) is 0 Å². The summed E-state index contributed by atoms with van der Waals surface area (Å²) < 4.78 is 4.99. The van der Waals surface area contributed by atoms with Crippen molar-refractivity contribution in [1.82, 2.24) is 10.6 Å². The van der Waals surface area contributed by atoms with Gasteiger partial charge in [0.15, 0.2) is 0 Å². The SMILES string of the molecule is NC(=O)C(Cc1ccc(O)cc1)NC(=O)CNC(=O)OCc1ccccc1. The molecule has 8 heteroatoms. The Morgan fingerprint density at radius 3 is 2.30 bits per heavy atom. The molecule has 0 spiro atoms. The Bertz CT molecular complexity index is 778. The molecule has 0 bridgehead atoms. The zero-order chi connectivity index (χ0) is 19.6. The van der Waals surface area contributed by atoms with Crippen molar-refractivity contribution >= 4 is 17.9 Å². The number of nitrogens with two attached hydrogens (primary N) is 1. The number of hydrogen-bond donors (Lipinski definition) is 4. The van der Waals surface area contributed by atoms with Crippen LogP contribution >= 0.6 is 0 Å². The molecule has 0 saturated carbocycles. The second-order valence-corrected chi connectivity index (χ2v) is 5.81. The van der Waals surface area contributed by atoms with E-state index in [2.05, 4.69) is 10.6 Å². The number of benzene rings is 2. The fourth-order valence-electron chi connectivity index (χ4n) is 2.26. The number of primary amides is 1. The number of rotatable bonds is 8. The Kier molecular flexibility index (Phi) is 7.18. The molecule has 1 unspecified atom stereocenters. The third-order valence-electron chi connectivity index (χ3n) is 3.66. The number of phenols is 1. The molecular weight excluding hydrogens is 350 g/mol. The summed E-state index contributed by atoms with van der Waals surface area (Å²) in [6.45, 7) is -0.272. The summed E-state index contributed by atoms with van der Waals surface area (Å²) in [5.74, 6) is -1.19. The van der Waals surface area contributed by atoms with Crippen LogP contribution in [0.5, 0.6) is 5.75 Å². The van der Waals surface area contributed by atoms with Crippen molar-refractivity contribution in [1.29, 1.82) is 0 Å². The van der Waals surface area contributed by atoms with Crippen LogP contribution in [0.15, 0.2) is 54.6 Å². The van der Waals surface area contributed by atoms with Crippen molar-refractivity contribution < 1.29 is 24.2 Å². The maximum Gasteiger partial charge on any atom is 0.407 e. The minimum Gasteiger partial charge on any atom is -0.508 e. The van der Waals surface area contributed by atoms with E-state index in [0.717, 1.165) is 5.56 Å². The van der Waals surface area contributed by atoms with Crippen molar-refractivity contribution in [2.45, 2.75) is 19.1 Å². The normalized spacial score (nSPS) is 11.3. The lowest BCUT2D eigenvalue weighted by molar-refractivity contribution is -0.126. The van der Waals surface area contributed by atoms with Gasteiger partial charge in [0, 0.05) is 6.42 Å². The smallest absolute Gasteiger partial charge is 0.407 e. The molecule has 27 heavy (non-hydrogen) atoms. The maximum atomic E-state index is 12.0. The van der Waals surface area contributed by atoms with Gasteiger partial charge in [0.25, 0.3) is 0 Å². The largest absolute Gasteiger partial charge is 0.508 e. The third kappa shape index (κ3) is 7.07. The van der Waals surface area contributed by atoms with Gasteiger partial charge in [-0.1, -0.05) is 42.5 Å². The van der Waals surface area contributed by atoms with E-state index in [0.29, 0.717) is 5.56 Å². The zero-order valence-electron chi connectivity index (χ0n) is 14.6. The second-order valence-electron chi connectivity index (χ2n) is 5.81. The van der Waals surface area contributed by atoms with E-state index >= 15 is 0 Å².